The number of carbonyl (C=O) groups excluding carboxylic acids is 2. The molecule has 0 unspecified atom stereocenters. The molecular weight excluding hydrogens is 400 g/mol. The van der Waals surface area contributed by atoms with Gasteiger partial charge in [0.15, 0.2) is 5.78 Å². The summed E-state index contributed by atoms with van der Waals surface area (Å²) in [4.78, 5) is 26.2. The summed E-state index contributed by atoms with van der Waals surface area (Å²) in [6.07, 6.45) is 2.12. The molecule has 2 N–H and O–H groups in total. The van der Waals surface area contributed by atoms with Crippen LogP contribution in [0.1, 0.15) is 59.8 Å². The lowest BCUT2D eigenvalue weighted by Crippen LogP contribution is -2.83. The zero-order valence-electron chi connectivity index (χ0n) is 19.1. The van der Waals surface area contributed by atoms with Crippen LogP contribution in [0.2, 0.25) is 0 Å². The summed E-state index contributed by atoms with van der Waals surface area (Å²) in [5, 5.41) is 23.6. The molecule has 174 valence electrons. The molecule has 0 aromatic rings. The van der Waals surface area contributed by atoms with Crippen LogP contribution in [0.3, 0.4) is 0 Å². The summed E-state index contributed by atoms with van der Waals surface area (Å²) < 4.78 is 17.7. The van der Waals surface area contributed by atoms with Gasteiger partial charge in [-0.05, 0) is 43.9 Å². The molecule has 31 heavy (non-hydrogen) atoms. The fourth-order valence-electron chi connectivity index (χ4n) is 8.93. The largest absolute Gasteiger partial charge is 0.462 e. The van der Waals surface area contributed by atoms with E-state index in [4.69, 9.17) is 14.2 Å². The van der Waals surface area contributed by atoms with Crippen molar-refractivity contribution in [3.8, 4) is 0 Å². The van der Waals surface area contributed by atoms with Gasteiger partial charge in [-0.1, -0.05) is 20.3 Å². The molecule has 0 radical (unpaired) electrons. The normalized spacial score (nSPS) is 51.9. The second-order valence-corrected chi connectivity index (χ2v) is 11.4. The lowest BCUT2D eigenvalue weighted by Gasteiger charge is -2.74. The molecule has 4 aliphatic carbocycles. The number of Topliss-reactive ketones (excluding diaryl/α,β-unsaturated/α-hetero) is 1. The van der Waals surface area contributed by atoms with Crippen molar-refractivity contribution in [1.29, 1.82) is 0 Å². The molecule has 7 nitrogen and oxygen atoms in total. The van der Waals surface area contributed by atoms with Gasteiger partial charge in [0.05, 0.1) is 18.6 Å². The molecule has 0 aromatic carbocycles. The van der Waals surface area contributed by atoms with E-state index in [-0.39, 0.29) is 54.1 Å². The number of hydrogen-bond donors (Lipinski definition) is 2. The summed E-state index contributed by atoms with van der Waals surface area (Å²) in [6, 6.07) is 0. The first-order valence-corrected chi connectivity index (χ1v) is 11.9. The summed E-state index contributed by atoms with van der Waals surface area (Å²) in [7, 11) is 0. The maximum Gasteiger partial charge on any atom is 0.302 e. The van der Waals surface area contributed by atoms with Gasteiger partial charge in [0.1, 0.15) is 12.2 Å². The SMILES string of the molecule is CCOC[C@H]1C(=O)[C@@]23C[C@H]1C[C@@H](OC(C)=O)[C@H]2[C@]12CCCC(C)(C)[C@H]1[C@H](O)[C@@]3(O)OC2. The van der Waals surface area contributed by atoms with Crippen LogP contribution in [0.5, 0.6) is 0 Å². The Bertz CT molecular complexity index is 795. The minimum Gasteiger partial charge on any atom is -0.462 e. The van der Waals surface area contributed by atoms with Gasteiger partial charge in [0.25, 0.3) is 0 Å². The van der Waals surface area contributed by atoms with E-state index in [0.717, 1.165) is 19.3 Å². The molecule has 2 heterocycles. The Hall–Kier alpha value is -1.02. The van der Waals surface area contributed by atoms with Crippen LogP contribution in [0.4, 0.5) is 0 Å². The molecule has 2 aliphatic heterocycles. The van der Waals surface area contributed by atoms with Gasteiger partial charge in [-0.25, -0.2) is 0 Å². The van der Waals surface area contributed by atoms with Gasteiger partial charge in [-0.2, -0.15) is 0 Å². The molecule has 4 saturated carbocycles. The second-order valence-electron chi connectivity index (χ2n) is 11.4. The van der Waals surface area contributed by atoms with Crippen LogP contribution < -0.4 is 0 Å². The highest BCUT2D eigenvalue weighted by Gasteiger charge is 2.85. The van der Waals surface area contributed by atoms with E-state index in [1.54, 1.807) is 0 Å². The summed E-state index contributed by atoms with van der Waals surface area (Å²) in [6.45, 7) is 8.65. The summed E-state index contributed by atoms with van der Waals surface area (Å²) in [5.41, 5.74) is -1.99. The lowest BCUT2D eigenvalue weighted by molar-refractivity contribution is -0.445. The monoisotopic (exact) mass is 436 g/mol. The van der Waals surface area contributed by atoms with Gasteiger partial charge in [0, 0.05) is 36.7 Å². The summed E-state index contributed by atoms with van der Waals surface area (Å²) in [5.74, 6) is -3.43. The first kappa shape index (κ1) is 21.8. The predicted molar refractivity (Wildman–Crippen MR) is 110 cm³/mol. The Morgan fingerprint density at radius 3 is 2.68 bits per heavy atom. The highest BCUT2D eigenvalue weighted by Crippen LogP contribution is 2.76. The highest BCUT2D eigenvalue weighted by molar-refractivity contribution is 5.92. The number of aliphatic hydroxyl groups is 2. The van der Waals surface area contributed by atoms with Crippen molar-refractivity contribution in [2.24, 2.45) is 39.9 Å². The van der Waals surface area contributed by atoms with Crippen LogP contribution in [0.15, 0.2) is 0 Å². The molecule has 4 bridgehead atoms. The molecule has 2 spiro atoms. The molecule has 6 rings (SSSR count). The van der Waals surface area contributed by atoms with E-state index in [9.17, 15) is 19.8 Å². The van der Waals surface area contributed by atoms with Crippen molar-refractivity contribution < 1.29 is 34.0 Å². The first-order valence-electron chi connectivity index (χ1n) is 11.9. The Balaban J connectivity index is 1.70. The van der Waals surface area contributed by atoms with Crippen molar-refractivity contribution in [3.05, 3.63) is 0 Å². The van der Waals surface area contributed by atoms with E-state index in [1.807, 2.05) is 6.92 Å². The number of ketones is 1. The molecule has 0 amide bonds. The van der Waals surface area contributed by atoms with Crippen molar-refractivity contribution in [2.75, 3.05) is 19.8 Å². The Kier molecular flexibility index (Phi) is 4.75. The molecule has 6 fully saturated rings. The molecule has 2 saturated heterocycles. The number of hydrogen-bond acceptors (Lipinski definition) is 7. The van der Waals surface area contributed by atoms with Crippen molar-refractivity contribution >= 4 is 11.8 Å². The van der Waals surface area contributed by atoms with E-state index < -0.39 is 28.8 Å². The maximum atomic E-state index is 14.1. The molecule has 6 aliphatic rings. The molecule has 7 heteroatoms. The van der Waals surface area contributed by atoms with Gasteiger partial charge < -0.3 is 24.4 Å². The van der Waals surface area contributed by atoms with Crippen LogP contribution in [-0.2, 0) is 23.8 Å². The Morgan fingerprint density at radius 2 is 2.00 bits per heavy atom. The second kappa shape index (κ2) is 6.75. The zero-order chi connectivity index (χ0) is 22.4. The number of carbonyl (C=O) groups is 2. The standard InChI is InChI=1S/C24H36O7/c1-5-29-11-15-14-9-16(31-13(2)25)17-22-8-6-7-21(3,4)18(22)20(27)24(28,30-12-22)23(17,10-14)19(15)26/h14-18,20,27-28H,5-12H2,1-4H3/t14-,15-,16-,17+,18-,20+,22-,23-,24-/m1/s1. The smallest absolute Gasteiger partial charge is 0.302 e. The first-order chi connectivity index (χ1) is 14.5. The summed E-state index contributed by atoms with van der Waals surface area (Å²) >= 11 is 0. The number of fused-ring (bicyclic) bond motifs is 2. The van der Waals surface area contributed by atoms with Crippen molar-refractivity contribution in [2.45, 2.75) is 77.8 Å². The number of esters is 1. The quantitative estimate of drug-likeness (QED) is 0.651. The average Bonchev–Trinajstić information content (AvgIpc) is 2.89. The molecule has 9 atom stereocenters. The highest BCUT2D eigenvalue weighted by atomic mass is 16.6. The zero-order valence-corrected chi connectivity index (χ0v) is 19.1. The third kappa shape index (κ3) is 2.49. The Morgan fingerprint density at radius 1 is 1.26 bits per heavy atom. The van der Waals surface area contributed by atoms with Gasteiger partial charge >= 0.3 is 5.97 Å². The Labute approximate surface area is 183 Å². The van der Waals surface area contributed by atoms with Crippen LogP contribution in [-0.4, -0.2) is 59.8 Å². The maximum absolute atomic E-state index is 14.1. The third-order valence-corrected chi connectivity index (χ3v) is 9.65. The third-order valence-electron chi connectivity index (χ3n) is 9.65. The van der Waals surface area contributed by atoms with Crippen LogP contribution in [0.25, 0.3) is 0 Å². The van der Waals surface area contributed by atoms with E-state index in [2.05, 4.69) is 13.8 Å². The van der Waals surface area contributed by atoms with Crippen LogP contribution in [0, 0.1) is 39.9 Å². The number of rotatable bonds is 4. The minimum absolute atomic E-state index is 0.0646. The average molecular weight is 437 g/mol. The van der Waals surface area contributed by atoms with Crippen LogP contribution >= 0.6 is 0 Å². The van der Waals surface area contributed by atoms with E-state index in [0.29, 0.717) is 19.4 Å². The van der Waals surface area contributed by atoms with Crippen molar-refractivity contribution in [3.63, 3.8) is 0 Å². The van der Waals surface area contributed by atoms with Gasteiger partial charge in [-0.3, -0.25) is 9.59 Å². The molecular formula is C24H36O7. The number of aliphatic hydroxyl groups excluding tert-OH is 1. The topological polar surface area (TPSA) is 102 Å². The van der Waals surface area contributed by atoms with Gasteiger partial charge in [-0.15, -0.1) is 0 Å². The number of ether oxygens (including phenoxy) is 3. The van der Waals surface area contributed by atoms with Crippen molar-refractivity contribution in [1.82, 2.24) is 0 Å². The lowest BCUT2D eigenvalue weighted by atomic mass is 9.36. The fourth-order valence-corrected chi connectivity index (χ4v) is 8.93. The minimum atomic E-state index is -1.96. The van der Waals surface area contributed by atoms with Gasteiger partial charge in [0.2, 0.25) is 5.79 Å². The van der Waals surface area contributed by atoms with E-state index in [1.165, 1.54) is 6.92 Å². The predicted octanol–water partition coefficient (Wildman–Crippen LogP) is 2.07. The molecule has 0 aromatic heterocycles. The van der Waals surface area contributed by atoms with E-state index >= 15 is 0 Å². The fraction of sp³-hybridized carbons (Fsp3) is 0.917.